The second-order valence-electron chi connectivity index (χ2n) is 3.41. The Kier molecular flexibility index (Phi) is 3.98. The lowest BCUT2D eigenvalue weighted by molar-refractivity contribution is -0.137. The number of amides is 1. The maximum absolute atomic E-state index is 11.6. The molecule has 0 atom stereocenters. The van der Waals surface area contributed by atoms with E-state index in [4.69, 9.17) is 5.11 Å². The number of hydrogen-bond donors (Lipinski definition) is 2. The van der Waals surface area contributed by atoms with E-state index in [-0.39, 0.29) is 12.4 Å². The zero-order valence-electron chi connectivity index (χ0n) is 9.23. The molecule has 0 aliphatic heterocycles. The van der Waals surface area contributed by atoms with Crippen LogP contribution in [0.4, 0.5) is 0 Å². The average molecular weight is 226 g/mol. The average Bonchev–Trinajstić information content (AvgIpc) is 2.64. The number of carbonyl (C=O) groups is 2. The van der Waals surface area contributed by atoms with Crippen LogP contribution in [-0.4, -0.2) is 50.7 Å². The second-order valence-corrected chi connectivity index (χ2v) is 3.41. The number of aryl methyl sites for hydroxylation is 1. The third kappa shape index (κ3) is 3.04. The van der Waals surface area contributed by atoms with Crippen LogP contribution in [0.15, 0.2) is 0 Å². The van der Waals surface area contributed by atoms with Gasteiger partial charge in [0.2, 0.25) is 5.82 Å². The summed E-state index contributed by atoms with van der Waals surface area (Å²) in [5.41, 5.74) is 0. The van der Waals surface area contributed by atoms with Crippen LogP contribution in [0.25, 0.3) is 0 Å². The third-order valence-electron chi connectivity index (χ3n) is 1.93. The van der Waals surface area contributed by atoms with E-state index in [2.05, 4.69) is 15.2 Å². The van der Waals surface area contributed by atoms with Crippen LogP contribution < -0.4 is 0 Å². The van der Waals surface area contributed by atoms with Gasteiger partial charge in [0.05, 0.1) is 0 Å². The predicted octanol–water partition coefficient (Wildman–Crippen LogP) is -0.0862. The minimum Gasteiger partial charge on any atom is -0.480 e. The Morgan fingerprint density at radius 3 is 2.75 bits per heavy atom. The molecule has 16 heavy (non-hydrogen) atoms. The van der Waals surface area contributed by atoms with Gasteiger partial charge in [-0.15, -0.1) is 5.10 Å². The molecule has 0 bridgehead atoms. The van der Waals surface area contributed by atoms with E-state index in [1.165, 1.54) is 7.05 Å². The van der Waals surface area contributed by atoms with Crippen LogP contribution >= 0.6 is 0 Å². The molecule has 0 saturated heterocycles. The first-order valence-electron chi connectivity index (χ1n) is 4.93. The van der Waals surface area contributed by atoms with Crippen molar-refractivity contribution in [2.45, 2.75) is 19.8 Å². The van der Waals surface area contributed by atoms with Crippen molar-refractivity contribution in [1.29, 1.82) is 0 Å². The summed E-state index contributed by atoms with van der Waals surface area (Å²) in [6, 6.07) is 0. The summed E-state index contributed by atoms with van der Waals surface area (Å²) < 4.78 is 0. The molecule has 1 aromatic heterocycles. The number of rotatable bonds is 5. The van der Waals surface area contributed by atoms with Gasteiger partial charge < -0.3 is 10.0 Å². The molecule has 2 N–H and O–H groups in total. The van der Waals surface area contributed by atoms with Crippen molar-refractivity contribution in [3.63, 3.8) is 0 Å². The smallest absolute Gasteiger partial charge is 0.323 e. The van der Waals surface area contributed by atoms with Crippen molar-refractivity contribution in [3.05, 3.63) is 11.6 Å². The molecule has 0 unspecified atom stereocenters. The molecule has 0 saturated carbocycles. The van der Waals surface area contributed by atoms with Gasteiger partial charge in [-0.2, -0.15) is 0 Å². The number of nitrogens with zero attached hydrogens (tertiary/aromatic N) is 3. The van der Waals surface area contributed by atoms with E-state index in [9.17, 15) is 9.59 Å². The van der Waals surface area contributed by atoms with Crippen LogP contribution in [0.3, 0.4) is 0 Å². The lowest BCUT2D eigenvalue weighted by Crippen LogP contribution is -2.32. The molecule has 0 radical (unpaired) electrons. The van der Waals surface area contributed by atoms with Crippen LogP contribution in [0, 0.1) is 0 Å². The first-order chi connectivity index (χ1) is 7.54. The molecule has 0 spiro atoms. The topological polar surface area (TPSA) is 99.2 Å². The molecular formula is C9H14N4O3. The molecule has 1 amide bonds. The molecular weight excluding hydrogens is 212 g/mol. The van der Waals surface area contributed by atoms with E-state index in [1.54, 1.807) is 0 Å². The van der Waals surface area contributed by atoms with Crippen molar-refractivity contribution >= 4 is 11.9 Å². The Balaban J connectivity index is 2.68. The SMILES string of the molecule is CCCc1nc(C(=O)N(C)CC(=O)O)n[nH]1. The summed E-state index contributed by atoms with van der Waals surface area (Å²) in [5, 5.41) is 14.9. The highest BCUT2D eigenvalue weighted by Gasteiger charge is 2.18. The van der Waals surface area contributed by atoms with Crippen LogP contribution in [0.2, 0.25) is 0 Å². The molecule has 7 nitrogen and oxygen atoms in total. The Morgan fingerprint density at radius 1 is 1.50 bits per heavy atom. The Morgan fingerprint density at radius 2 is 2.19 bits per heavy atom. The van der Waals surface area contributed by atoms with Crippen LogP contribution in [-0.2, 0) is 11.2 Å². The zero-order chi connectivity index (χ0) is 12.1. The fourth-order valence-corrected chi connectivity index (χ4v) is 1.18. The van der Waals surface area contributed by atoms with Gasteiger partial charge in [-0.1, -0.05) is 6.92 Å². The standard InChI is InChI=1S/C9H14N4O3/c1-3-4-6-10-8(12-11-6)9(16)13(2)5-7(14)15/h3-5H2,1-2H3,(H,14,15)(H,10,11,12). The largest absolute Gasteiger partial charge is 0.480 e. The highest BCUT2D eigenvalue weighted by molar-refractivity contribution is 5.92. The molecule has 0 aliphatic rings. The maximum Gasteiger partial charge on any atom is 0.323 e. The van der Waals surface area contributed by atoms with Gasteiger partial charge >= 0.3 is 5.97 Å². The number of carbonyl (C=O) groups excluding carboxylic acids is 1. The van der Waals surface area contributed by atoms with Crippen molar-refractivity contribution in [1.82, 2.24) is 20.1 Å². The predicted molar refractivity (Wildman–Crippen MR) is 55.0 cm³/mol. The van der Waals surface area contributed by atoms with Gasteiger partial charge in [0.15, 0.2) is 0 Å². The van der Waals surface area contributed by atoms with Gasteiger partial charge in [0, 0.05) is 13.5 Å². The number of aliphatic carboxylic acids is 1. The normalized spacial score (nSPS) is 10.1. The number of carboxylic acid groups (broad SMARTS) is 1. The van der Waals surface area contributed by atoms with E-state index in [1.807, 2.05) is 6.92 Å². The number of nitrogens with one attached hydrogen (secondary N) is 1. The van der Waals surface area contributed by atoms with Crippen molar-refractivity contribution in [3.8, 4) is 0 Å². The fraction of sp³-hybridized carbons (Fsp3) is 0.556. The van der Waals surface area contributed by atoms with Crippen LogP contribution in [0.5, 0.6) is 0 Å². The van der Waals surface area contributed by atoms with Crippen molar-refractivity contribution < 1.29 is 14.7 Å². The minimum absolute atomic E-state index is 0.00667. The third-order valence-corrected chi connectivity index (χ3v) is 1.93. The zero-order valence-corrected chi connectivity index (χ0v) is 9.23. The number of aromatic nitrogens is 3. The van der Waals surface area contributed by atoms with Crippen molar-refractivity contribution in [2.24, 2.45) is 0 Å². The number of likely N-dealkylation sites (N-methyl/N-ethyl adjacent to an activating group) is 1. The lowest BCUT2D eigenvalue weighted by Gasteiger charge is -2.11. The van der Waals surface area contributed by atoms with E-state index >= 15 is 0 Å². The molecule has 1 rings (SSSR count). The quantitative estimate of drug-likeness (QED) is 0.731. The summed E-state index contributed by atoms with van der Waals surface area (Å²) in [6.45, 7) is 1.62. The molecule has 1 aromatic rings. The van der Waals surface area contributed by atoms with Gasteiger partial charge in [-0.25, -0.2) is 4.98 Å². The Labute approximate surface area is 92.5 Å². The summed E-state index contributed by atoms with van der Waals surface area (Å²) >= 11 is 0. The number of hydrogen-bond acceptors (Lipinski definition) is 4. The highest BCUT2D eigenvalue weighted by atomic mass is 16.4. The lowest BCUT2D eigenvalue weighted by atomic mass is 10.3. The van der Waals surface area contributed by atoms with Gasteiger partial charge in [0.25, 0.3) is 5.91 Å². The second kappa shape index (κ2) is 5.24. The Bertz CT molecular complexity index is 388. The summed E-state index contributed by atoms with van der Waals surface area (Å²) in [7, 11) is 1.40. The molecule has 0 fully saturated rings. The van der Waals surface area contributed by atoms with Gasteiger partial charge in [-0.3, -0.25) is 14.7 Å². The number of H-pyrrole nitrogens is 1. The molecule has 1 heterocycles. The maximum atomic E-state index is 11.6. The minimum atomic E-state index is -1.07. The monoisotopic (exact) mass is 226 g/mol. The summed E-state index contributed by atoms with van der Waals surface area (Å²) in [4.78, 5) is 27.1. The van der Waals surface area contributed by atoms with Gasteiger partial charge in [-0.05, 0) is 6.42 Å². The fourth-order valence-electron chi connectivity index (χ4n) is 1.18. The van der Waals surface area contributed by atoms with E-state index < -0.39 is 11.9 Å². The van der Waals surface area contributed by atoms with E-state index in [0.29, 0.717) is 12.2 Å². The summed E-state index contributed by atoms with van der Waals surface area (Å²) in [6.07, 6.45) is 1.61. The number of carboxylic acids is 1. The molecule has 7 heteroatoms. The van der Waals surface area contributed by atoms with E-state index in [0.717, 1.165) is 11.3 Å². The van der Waals surface area contributed by atoms with Crippen molar-refractivity contribution in [2.75, 3.05) is 13.6 Å². The first kappa shape index (κ1) is 12.2. The first-order valence-corrected chi connectivity index (χ1v) is 4.93. The molecule has 0 aliphatic carbocycles. The van der Waals surface area contributed by atoms with Crippen LogP contribution in [0.1, 0.15) is 29.8 Å². The highest BCUT2D eigenvalue weighted by Crippen LogP contribution is 1.99. The van der Waals surface area contributed by atoms with Gasteiger partial charge in [0.1, 0.15) is 12.4 Å². The Hall–Kier alpha value is -1.92. The number of aromatic amines is 1. The summed E-state index contributed by atoms with van der Waals surface area (Å²) in [5.74, 6) is -0.928. The molecule has 0 aromatic carbocycles. The molecule has 88 valence electrons.